The molecule has 25 heavy (non-hydrogen) atoms. The zero-order valence-electron chi connectivity index (χ0n) is 13.9. The Kier molecular flexibility index (Phi) is 5.84. The lowest BCUT2D eigenvalue weighted by Gasteiger charge is -2.18. The van der Waals surface area contributed by atoms with Crippen LogP contribution in [-0.2, 0) is 9.53 Å². The monoisotopic (exact) mass is 342 g/mol. The maximum Gasteiger partial charge on any atom is 0.307 e. The second-order valence-electron chi connectivity index (χ2n) is 5.48. The van der Waals surface area contributed by atoms with Crippen molar-refractivity contribution in [3.8, 4) is 0 Å². The number of nitrogens with zero attached hydrogens (tertiary/aromatic N) is 1. The fourth-order valence-corrected chi connectivity index (χ4v) is 2.43. The number of esters is 1. The molecule has 0 radical (unpaired) electrons. The third-order valence-electron chi connectivity index (χ3n) is 3.76. The average Bonchev–Trinajstić information content (AvgIpc) is 2.61. The Balaban J connectivity index is 2.23. The number of methoxy groups -OCH3 is 1. The highest BCUT2D eigenvalue weighted by molar-refractivity contribution is 5.95. The van der Waals surface area contributed by atoms with Crippen LogP contribution in [0.3, 0.4) is 0 Å². The van der Waals surface area contributed by atoms with Crippen molar-refractivity contribution in [1.29, 1.82) is 0 Å². The van der Waals surface area contributed by atoms with Crippen LogP contribution in [0.15, 0.2) is 48.5 Å². The first-order valence-corrected chi connectivity index (χ1v) is 7.60. The van der Waals surface area contributed by atoms with E-state index in [1.165, 1.54) is 25.3 Å². The van der Waals surface area contributed by atoms with Crippen molar-refractivity contribution < 1.29 is 19.2 Å². The van der Waals surface area contributed by atoms with Gasteiger partial charge in [0.05, 0.1) is 24.5 Å². The summed E-state index contributed by atoms with van der Waals surface area (Å²) < 4.78 is 4.69. The van der Waals surface area contributed by atoms with E-state index in [4.69, 9.17) is 0 Å². The van der Waals surface area contributed by atoms with Crippen molar-refractivity contribution in [2.45, 2.75) is 19.4 Å². The third-order valence-corrected chi connectivity index (χ3v) is 3.76. The molecule has 1 N–H and O–H groups in total. The van der Waals surface area contributed by atoms with Gasteiger partial charge in [-0.15, -0.1) is 0 Å². The zero-order valence-corrected chi connectivity index (χ0v) is 13.9. The minimum absolute atomic E-state index is 0.0157. The summed E-state index contributed by atoms with van der Waals surface area (Å²) >= 11 is 0. The maximum atomic E-state index is 12.5. The molecule has 130 valence electrons. The van der Waals surface area contributed by atoms with Crippen molar-refractivity contribution >= 4 is 17.6 Å². The van der Waals surface area contributed by atoms with E-state index in [-0.39, 0.29) is 17.7 Å². The predicted molar refractivity (Wildman–Crippen MR) is 91.1 cm³/mol. The Morgan fingerprint density at radius 2 is 1.88 bits per heavy atom. The Hall–Kier alpha value is -3.22. The van der Waals surface area contributed by atoms with Crippen molar-refractivity contribution in [2.24, 2.45) is 0 Å². The van der Waals surface area contributed by atoms with Gasteiger partial charge in [-0.05, 0) is 24.6 Å². The van der Waals surface area contributed by atoms with Gasteiger partial charge in [0.25, 0.3) is 11.6 Å². The van der Waals surface area contributed by atoms with Gasteiger partial charge < -0.3 is 10.1 Å². The van der Waals surface area contributed by atoms with E-state index < -0.39 is 22.8 Å². The molecule has 1 unspecified atom stereocenters. The molecule has 2 rings (SSSR count). The average molecular weight is 342 g/mol. The van der Waals surface area contributed by atoms with Gasteiger partial charge in [-0.2, -0.15) is 0 Å². The number of rotatable bonds is 6. The molecule has 0 aliphatic rings. The summed E-state index contributed by atoms with van der Waals surface area (Å²) in [5.41, 5.74) is 1.39. The highest BCUT2D eigenvalue weighted by Crippen LogP contribution is 2.21. The normalized spacial score (nSPS) is 11.4. The molecule has 0 aromatic heterocycles. The van der Waals surface area contributed by atoms with Crippen LogP contribution in [0.25, 0.3) is 0 Å². The molecule has 0 saturated heterocycles. The van der Waals surface area contributed by atoms with Gasteiger partial charge in [0.2, 0.25) is 0 Å². The number of amides is 1. The molecule has 0 heterocycles. The van der Waals surface area contributed by atoms with Gasteiger partial charge in [0.15, 0.2) is 0 Å². The minimum atomic E-state index is -0.559. The summed E-state index contributed by atoms with van der Waals surface area (Å²) in [6.45, 7) is 1.57. The van der Waals surface area contributed by atoms with Crippen LogP contribution in [0.1, 0.15) is 33.9 Å². The Labute approximate surface area is 144 Å². The number of nitro groups is 1. The first-order chi connectivity index (χ1) is 11.9. The van der Waals surface area contributed by atoms with E-state index in [9.17, 15) is 19.7 Å². The fraction of sp³-hybridized carbons (Fsp3) is 0.222. The molecule has 1 atom stereocenters. The van der Waals surface area contributed by atoms with Gasteiger partial charge in [-0.1, -0.05) is 30.3 Å². The lowest BCUT2D eigenvalue weighted by molar-refractivity contribution is -0.385. The number of aryl methyl sites for hydroxylation is 1. The molecule has 0 aliphatic carbocycles. The van der Waals surface area contributed by atoms with Crippen LogP contribution in [-0.4, -0.2) is 23.9 Å². The molecule has 7 heteroatoms. The van der Waals surface area contributed by atoms with Crippen LogP contribution in [0, 0.1) is 17.0 Å². The van der Waals surface area contributed by atoms with Gasteiger partial charge in [-0.3, -0.25) is 19.7 Å². The van der Waals surface area contributed by atoms with Gasteiger partial charge in [0, 0.05) is 17.2 Å². The number of carbonyl (C=O) groups is 2. The van der Waals surface area contributed by atoms with Crippen LogP contribution in [0.5, 0.6) is 0 Å². The summed E-state index contributed by atoms with van der Waals surface area (Å²) in [6, 6.07) is 12.6. The van der Waals surface area contributed by atoms with Crippen LogP contribution in [0.2, 0.25) is 0 Å². The van der Waals surface area contributed by atoms with Crippen molar-refractivity contribution in [2.75, 3.05) is 7.11 Å². The fourth-order valence-electron chi connectivity index (χ4n) is 2.43. The van der Waals surface area contributed by atoms with Crippen LogP contribution >= 0.6 is 0 Å². The van der Waals surface area contributed by atoms with E-state index in [0.717, 1.165) is 5.56 Å². The molecule has 7 nitrogen and oxygen atoms in total. The molecular formula is C18H18N2O5. The highest BCUT2D eigenvalue weighted by atomic mass is 16.6. The van der Waals surface area contributed by atoms with E-state index in [2.05, 4.69) is 10.1 Å². The summed E-state index contributed by atoms with van der Waals surface area (Å²) in [6.07, 6.45) is -0.0157. The summed E-state index contributed by atoms with van der Waals surface area (Å²) in [5, 5.41) is 13.7. The number of hydrogen-bond donors (Lipinski definition) is 1. The maximum absolute atomic E-state index is 12.5. The Morgan fingerprint density at radius 3 is 2.44 bits per heavy atom. The number of ether oxygens (including phenoxy) is 1. The molecule has 0 spiro atoms. The number of nitro benzene ring substituents is 1. The zero-order chi connectivity index (χ0) is 18.4. The van der Waals surface area contributed by atoms with Crippen molar-refractivity contribution in [1.82, 2.24) is 5.32 Å². The molecule has 0 bridgehead atoms. The van der Waals surface area contributed by atoms with Crippen LogP contribution < -0.4 is 5.32 Å². The van der Waals surface area contributed by atoms with E-state index in [1.807, 2.05) is 18.2 Å². The summed E-state index contributed by atoms with van der Waals surface area (Å²) in [7, 11) is 1.28. The first kappa shape index (κ1) is 18.1. The smallest absolute Gasteiger partial charge is 0.307 e. The lowest BCUT2D eigenvalue weighted by atomic mass is 10.0. The number of carbonyl (C=O) groups excluding carboxylic acids is 2. The largest absolute Gasteiger partial charge is 0.469 e. The van der Waals surface area contributed by atoms with Gasteiger partial charge in [-0.25, -0.2) is 0 Å². The number of hydrogen-bond acceptors (Lipinski definition) is 5. The van der Waals surface area contributed by atoms with Crippen molar-refractivity contribution in [3.05, 3.63) is 75.3 Å². The van der Waals surface area contributed by atoms with Gasteiger partial charge >= 0.3 is 5.97 Å². The summed E-state index contributed by atoms with van der Waals surface area (Å²) in [5.74, 6) is -0.871. The topological polar surface area (TPSA) is 98.5 Å². The second kappa shape index (κ2) is 8.05. The van der Waals surface area contributed by atoms with Crippen molar-refractivity contribution in [3.63, 3.8) is 0 Å². The number of nitrogens with one attached hydrogen (secondary N) is 1. The summed E-state index contributed by atoms with van der Waals surface area (Å²) in [4.78, 5) is 34.5. The predicted octanol–water partition coefficient (Wildman–Crippen LogP) is 2.94. The lowest BCUT2D eigenvalue weighted by Crippen LogP contribution is -2.30. The molecule has 0 fully saturated rings. The molecule has 2 aromatic rings. The third kappa shape index (κ3) is 4.63. The SMILES string of the molecule is COC(=O)CC(NC(=O)c1ccc([N+](=O)[O-])c(C)c1)c1ccccc1. The highest BCUT2D eigenvalue weighted by Gasteiger charge is 2.21. The quantitative estimate of drug-likeness (QED) is 0.494. The second-order valence-corrected chi connectivity index (χ2v) is 5.48. The van der Waals surface area contributed by atoms with E-state index >= 15 is 0 Å². The standard InChI is InChI=1S/C18H18N2O5/c1-12-10-14(8-9-16(12)20(23)24)18(22)19-15(11-17(21)25-2)13-6-4-3-5-7-13/h3-10,15H,11H2,1-2H3,(H,19,22). The van der Waals surface area contributed by atoms with Gasteiger partial charge in [0.1, 0.15) is 0 Å². The molecular weight excluding hydrogens is 324 g/mol. The number of benzene rings is 2. The molecule has 1 amide bonds. The van der Waals surface area contributed by atoms with Crippen LogP contribution in [0.4, 0.5) is 5.69 Å². The molecule has 2 aromatic carbocycles. The Morgan fingerprint density at radius 1 is 1.20 bits per heavy atom. The Bertz CT molecular complexity index is 789. The minimum Gasteiger partial charge on any atom is -0.469 e. The first-order valence-electron chi connectivity index (χ1n) is 7.60. The van der Waals surface area contributed by atoms with E-state index in [0.29, 0.717) is 5.56 Å². The molecule has 0 saturated carbocycles. The van der Waals surface area contributed by atoms with E-state index in [1.54, 1.807) is 19.1 Å². The molecule has 0 aliphatic heterocycles.